The normalized spacial score (nSPS) is 10.8. The van der Waals surface area contributed by atoms with Gasteiger partial charge in [0.1, 0.15) is 5.76 Å². The Bertz CT molecular complexity index is 580. The van der Waals surface area contributed by atoms with Crippen molar-refractivity contribution < 1.29 is 9.21 Å². The minimum Gasteiger partial charge on any atom is -0.463 e. The number of rotatable bonds is 3. The SMILES string of the molecule is O=C(N/N=C\c1ccco1)c1cc(Cl)ccc1Cl. The summed E-state index contributed by atoms with van der Waals surface area (Å²) in [5.41, 5.74) is 2.60. The third-order valence-electron chi connectivity index (χ3n) is 2.07. The predicted octanol–water partition coefficient (Wildman–Crippen LogP) is 3.35. The number of benzene rings is 1. The molecule has 0 saturated carbocycles. The average Bonchev–Trinajstić information content (AvgIpc) is 2.85. The second kappa shape index (κ2) is 5.71. The van der Waals surface area contributed by atoms with E-state index in [-0.39, 0.29) is 5.56 Å². The number of halogens is 2. The van der Waals surface area contributed by atoms with Crippen LogP contribution in [0, 0.1) is 0 Å². The molecule has 0 saturated heterocycles. The second-order valence-corrected chi connectivity index (χ2v) is 4.18. The summed E-state index contributed by atoms with van der Waals surface area (Å²) in [6.45, 7) is 0. The minimum atomic E-state index is -0.440. The summed E-state index contributed by atoms with van der Waals surface area (Å²) in [4.78, 5) is 11.7. The van der Waals surface area contributed by atoms with Crippen molar-refractivity contribution in [3.8, 4) is 0 Å². The smallest absolute Gasteiger partial charge is 0.272 e. The summed E-state index contributed by atoms with van der Waals surface area (Å²) >= 11 is 11.7. The van der Waals surface area contributed by atoms with Crippen LogP contribution in [-0.2, 0) is 0 Å². The third-order valence-corrected chi connectivity index (χ3v) is 2.64. The molecule has 0 bridgehead atoms. The Morgan fingerprint density at radius 2 is 2.17 bits per heavy atom. The zero-order valence-electron chi connectivity index (χ0n) is 9.06. The van der Waals surface area contributed by atoms with Gasteiger partial charge in [-0.1, -0.05) is 23.2 Å². The Morgan fingerprint density at radius 1 is 1.33 bits per heavy atom. The second-order valence-electron chi connectivity index (χ2n) is 3.34. The highest BCUT2D eigenvalue weighted by molar-refractivity contribution is 6.35. The first kappa shape index (κ1) is 12.7. The van der Waals surface area contributed by atoms with E-state index in [4.69, 9.17) is 27.6 Å². The number of amides is 1. The van der Waals surface area contributed by atoms with Gasteiger partial charge in [-0.3, -0.25) is 4.79 Å². The van der Waals surface area contributed by atoms with Crippen molar-refractivity contribution in [1.82, 2.24) is 5.43 Å². The zero-order valence-corrected chi connectivity index (χ0v) is 10.6. The third kappa shape index (κ3) is 3.12. The lowest BCUT2D eigenvalue weighted by Crippen LogP contribution is -2.18. The number of carbonyl (C=O) groups excluding carboxylic acids is 1. The van der Waals surface area contributed by atoms with Crippen molar-refractivity contribution in [2.24, 2.45) is 5.10 Å². The van der Waals surface area contributed by atoms with Crippen LogP contribution in [0.5, 0.6) is 0 Å². The Labute approximate surface area is 113 Å². The first-order valence-corrected chi connectivity index (χ1v) is 5.74. The molecule has 0 fully saturated rings. The highest BCUT2D eigenvalue weighted by Gasteiger charge is 2.09. The predicted molar refractivity (Wildman–Crippen MR) is 70.2 cm³/mol. The zero-order chi connectivity index (χ0) is 13.0. The van der Waals surface area contributed by atoms with Crippen LogP contribution < -0.4 is 5.43 Å². The number of hydrazone groups is 1. The molecule has 18 heavy (non-hydrogen) atoms. The number of nitrogens with zero attached hydrogens (tertiary/aromatic N) is 1. The van der Waals surface area contributed by atoms with Crippen molar-refractivity contribution in [3.05, 3.63) is 58.0 Å². The molecule has 1 amide bonds. The fourth-order valence-electron chi connectivity index (χ4n) is 1.25. The Kier molecular flexibility index (Phi) is 4.02. The number of furan rings is 1. The van der Waals surface area contributed by atoms with Crippen LogP contribution in [0.3, 0.4) is 0 Å². The van der Waals surface area contributed by atoms with E-state index in [9.17, 15) is 4.79 Å². The van der Waals surface area contributed by atoms with Crippen LogP contribution in [-0.4, -0.2) is 12.1 Å². The van der Waals surface area contributed by atoms with Gasteiger partial charge in [-0.25, -0.2) is 5.43 Å². The first-order valence-electron chi connectivity index (χ1n) is 4.99. The molecule has 0 aliphatic rings. The van der Waals surface area contributed by atoms with Crippen LogP contribution in [0.1, 0.15) is 16.1 Å². The maximum Gasteiger partial charge on any atom is 0.272 e. The van der Waals surface area contributed by atoms with Crippen LogP contribution >= 0.6 is 23.2 Å². The monoisotopic (exact) mass is 282 g/mol. The molecule has 0 unspecified atom stereocenters. The lowest BCUT2D eigenvalue weighted by molar-refractivity contribution is 0.0955. The first-order chi connectivity index (χ1) is 8.66. The molecule has 6 heteroatoms. The van der Waals surface area contributed by atoms with Gasteiger partial charge in [0.05, 0.1) is 23.1 Å². The summed E-state index contributed by atoms with van der Waals surface area (Å²) in [6.07, 6.45) is 2.90. The number of hydrogen-bond donors (Lipinski definition) is 1. The molecule has 0 aliphatic carbocycles. The lowest BCUT2D eigenvalue weighted by atomic mass is 10.2. The van der Waals surface area contributed by atoms with Gasteiger partial charge in [0.15, 0.2) is 0 Å². The minimum absolute atomic E-state index is 0.265. The number of hydrogen-bond acceptors (Lipinski definition) is 3. The molecule has 2 aromatic rings. The topological polar surface area (TPSA) is 54.6 Å². The van der Waals surface area contributed by atoms with E-state index >= 15 is 0 Å². The van der Waals surface area contributed by atoms with Crippen molar-refractivity contribution in [2.75, 3.05) is 0 Å². The van der Waals surface area contributed by atoms with Crippen molar-refractivity contribution in [2.45, 2.75) is 0 Å². The summed E-state index contributed by atoms with van der Waals surface area (Å²) in [6, 6.07) is 8.06. The molecule has 1 N–H and O–H groups in total. The molecule has 1 aromatic heterocycles. The van der Waals surface area contributed by atoms with Gasteiger partial charge in [-0.05, 0) is 30.3 Å². The quantitative estimate of drug-likeness (QED) is 0.693. The van der Waals surface area contributed by atoms with E-state index in [1.165, 1.54) is 18.5 Å². The summed E-state index contributed by atoms with van der Waals surface area (Å²) in [7, 11) is 0. The molecule has 0 atom stereocenters. The molecular formula is C12H8Cl2N2O2. The summed E-state index contributed by atoms with van der Waals surface area (Å²) < 4.78 is 5.02. The molecule has 2 rings (SSSR count). The van der Waals surface area contributed by atoms with Gasteiger partial charge >= 0.3 is 0 Å². The number of carbonyl (C=O) groups is 1. The fraction of sp³-hybridized carbons (Fsp3) is 0. The molecule has 4 nitrogen and oxygen atoms in total. The maximum atomic E-state index is 11.7. The van der Waals surface area contributed by atoms with Crippen LogP contribution in [0.25, 0.3) is 0 Å². The Balaban J connectivity index is 2.06. The molecule has 1 heterocycles. The summed E-state index contributed by atoms with van der Waals surface area (Å²) in [5, 5.41) is 4.48. The molecular weight excluding hydrogens is 275 g/mol. The highest BCUT2D eigenvalue weighted by atomic mass is 35.5. The van der Waals surface area contributed by atoms with E-state index in [0.29, 0.717) is 15.8 Å². The average molecular weight is 283 g/mol. The van der Waals surface area contributed by atoms with Gasteiger partial charge in [0.2, 0.25) is 0 Å². The van der Waals surface area contributed by atoms with Crippen LogP contribution in [0.15, 0.2) is 46.1 Å². The van der Waals surface area contributed by atoms with Gasteiger partial charge in [0.25, 0.3) is 5.91 Å². The van der Waals surface area contributed by atoms with E-state index in [0.717, 1.165) is 0 Å². The van der Waals surface area contributed by atoms with Crippen molar-refractivity contribution in [1.29, 1.82) is 0 Å². The lowest BCUT2D eigenvalue weighted by Gasteiger charge is -2.02. The van der Waals surface area contributed by atoms with Crippen LogP contribution in [0.2, 0.25) is 10.0 Å². The molecule has 0 aliphatic heterocycles. The van der Waals surface area contributed by atoms with Crippen molar-refractivity contribution in [3.63, 3.8) is 0 Å². The van der Waals surface area contributed by atoms with Crippen molar-refractivity contribution >= 4 is 35.3 Å². The van der Waals surface area contributed by atoms with Gasteiger partial charge in [-0.15, -0.1) is 0 Å². The van der Waals surface area contributed by atoms with Crippen LogP contribution in [0.4, 0.5) is 0 Å². The molecule has 0 spiro atoms. The van der Waals surface area contributed by atoms with E-state index < -0.39 is 5.91 Å². The van der Waals surface area contributed by atoms with E-state index in [2.05, 4.69) is 10.5 Å². The number of nitrogens with one attached hydrogen (secondary N) is 1. The maximum absolute atomic E-state index is 11.7. The molecule has 1 aromatic carbocycles. The van der Waals surface area contributed by atoms with E-state index in [1.54, 1.807) is 24.3 Å². The summed E-state index contributed by atoms with van der Waals surface area (Å²) in [5.74, 6) is 0.0952. The molecule has 92 valence electrons. The largest absolute Gasteiger partial charge is 0.463 e. The Hall–Kier alpha value is -1.78. The van der Waals surface area contributed by atoms with Gasteiger partial charge < -0.3 is 4.42 Å². The molecule has 0 radical (unpaired) electrons. The van der Waals surface area contributed by atoms with Gasteiger partial charge in [-0.2, -0.15) is 5.10 Å². The fourth-order valence-corrected chi connectivity index (χ4v) is 1.63. The Morgan fingerprint density at radius 3 is 2.89 bits per heavy atom. The highest BCUT2D eigenvalue weighted by Crippen LogP contribution is 2.20. The standard InChI is InChI=1S/C12H8Cl2N2O2/c13-8-3-4-11(14)10(6-8)12(17)16-15-7-9-2-1-5-18-9/h1-7H,(H,16,17)/b15-7-. The van der Waals surface area contributed by atoms with E-state index in [1.807, 2.05) is 0 Å². The van der Waals surface area contributed by atoms with Gasteiger partial charge in [0, 0.05) is 5.02 Å².